The van der Waals surface area contributed by atoms with Crippen LogP contribution >= 0.6 is 11.3 Å². The van der Waals surface area contributed by atoms with Crippen LogP contribution in [-0.2, 0) is 25.4 Å². The Hall–Kier alpha value is -2.29. The van der Waals surface area contributed by atoms with Gasteiger partial charge in [0.25, 0.3) is 0 Å². The lowest BCUT2D eigenvalue weighted by molar-refractivity contribution is -0.140. The number of halogens is 3. The molecule has 0 bridgehead atoms. The maximum absolute atomic E-state index is 12.6. The van der Waals surface area contributed by atoms with Gasteiger partial charge in [-0.05, 0) is 23.6 Å². The quantitative estimate of drug-likeness (QED) is 0.580. The Kier molecular flexibility index (Phi) is 6.20. The Labute approximate surface area is 159 Å². The highest BCUT2D eigenvalue weighted by atomic mass is 32.1. The summed E-state index contributed by atoms with van der Waals surface area (Å²) in [5, 5.41) is 7.81. The molecule has 2 heterocycles. The van der Waals surface area contributed by atoms with E-state index in [0.29, 0.717) is 30.5 Å². The Morgan fingerprint density at radius 1 is 1.26 bits per heavy atom. The number of rotatable bonds is 6. The lowest BCUT2D eigenvalue weighted by atomic mass is 10.1. The van der Waals surface area contributed by atoms with Gasteiger partial charge in [-0.25, -0.2) is 4.98 Å². The van der Waals surface area contributed by atoms with Crippen LogP contribution in [0.2, 0.25) is 0 Å². The maximum Gasteiger partial charge on any atom is 0.434 e. The summed E-state index contributed by atoms with van der Waals surface area (Å²) in [5.74, 6) is 1.59. The Balaban J connectivity index is 1.40. The van der Waals surface area contributed by atoms with Gasteiger partial charge in [-0.2, -0.15) is 13.2 Å². The topological polar surface area (TPSA) is 58.5 Å². The highest BCUT2D eigenvalue weighted by Crippen LogP contribution is 2.30. The molecule has 1 aromatic heterocycles. The van der Waals surface area contributed by atoms with E-state index in [1.165, 1.54) is 11.1 Å². The second-order valence-electron chi connectivity index (χ2n) is 6.09. The molecule has 2 N–H and O–H groups in total. The molecule has 0 saturated heterocycles. The molecule has 9 heteroatoms. The zero-order chi connectivity index (χ0) is 19.3. The van der Waals surface area contributed by atoms with Crippen molar-refractivity contribution < 1.29 is 17.9 Å². The Morgan fingerprint density at radius 2 is 2.04 bits per heavy atom. The second-order valence-corrected chi connectivity index (χ2v) is 7.03. The van der Waals surface area contributed by atoms with Gasteiger partial charge in [0.1, 0.15) is 5.75 Å². The average molecular weight is 398 g/mol. The minimum absolute atomic E-state index is 0.409. The third-order valence-corrected chi connectivity index (χ3v) is 5.07. The van der Waals surface area contributed by atoms with E-state index in [0.717, 1.165) is 41.9 Å². The molecular weight excluding hydrogens is 377 g/mol. The number of thiazole rings is 1. The largest absolute Gasteiger partial charge is 0.493 e. The van der Waals surface area contributed by atoms with Crippen molar-refractivity contribution in [2.24, 2.45) is 4.99 Å². The first-order valence-corrected chi connectivity index (χ1v) is 9.54. The summed E-state index contributed by atoms with van der Waals surface area (Å²) in [4.78, 5) is 7.75. The predicted molar refractivity (Wildman–Crippen MR) is 99.5 cm³/mol. The van der Waals surface area contributed by atoms with Crippen molar-refractivity contribution in [3.8, 4) is 5.75 Å². The molecule has 1 aliphatic rings. The summed E-state index contributed by atoms with van der Waals surface area (Å²) in [6.07, 6.45) is -2.18. The van der Waals surface area contributed by atoms with E-state index in [4.69, 9.17) is 4.74 Å². The molecule has 27 heavy (non-hydrogen) atoms. The van der Waals surface area contributed by atoms with Crippen molar-refractivity contribution in [1.29, 1.82) is 0 Å². The molecule has 0 saturated carbocycles. The predicted octanol–water partition coefficient (Wildman–Crippen LogP) is 3.05. The smallest absolute Gasteiger partial charge is 0.434 e. The SMILES string of the molecule is CN=C(NCCc1ccc2c(c1)CCO2)NCCc1nc(C(F)(F)F)cs1. The summed E-state index contributed by atoms with van der Waals surface area (Å²) >= 11 is 1.02. The van der Waals surface area contributed by atoms with Crippen LogP contribution in [0, 0.1) is 0 Å². The minimum atomic E-state index is -4.39. The van der Waals surface area contributed by atoms with Crippen LogP contribution in [0.25, 0.3) is 0 Å². The molecule has 5 nitrogen and oxygen atoms in total. The molecule has 0 atom stereocenters. The number of aromatic nitrogens is 1. The van der Waals surface area contributed by atoms with E-state index in [1.54, 1.807) is 7.05 Å². The van der Waals surface area contributed by atoms with Crippen LogP contribution in [0.1, 0.15) is 21.8 Å². The van der Waals surface area contributed by atoms with Gasteiger partial charge in [-0.15, -0.1) is 11.3 Å². The normalized spacial score (nSPS) is 14.0. The third kappa shape index (κ3) is 5.35. The number of nitrogens with zero attached hydrogens (tertiary/aromatic N) is 2. The molecule has 0 amide bonds. The van der Waals surface area contributed by atoms with Crippen LogP contribution in [-0.4, -0.2) is 37.7 Å². The van der Waals surface area contributed by atoms with Gasteiger partial charge in [0.15, 0.2) is 11.7 Å². The van der Waals surface area contributed by atoms with Crippen LogP contribution in [0.4, 0.5) is 13.2 Å². The third-order valence-electron chi connectivity index (χ3n) is 4.16. The lowest BCUT2D eigenvalue weighted by Crippen LogP contribution is -2.39. The highest BCUT2D eigenvalue weighted by Gasteiger charge is 2.33. The molecule has 0 aliphatic carbocycles. The number of fused-ring (bicyclic) bond motifs is 1. The van der Waals surface area contributed by atoms with E-state index >= 15 is 0 Å². The molecule has 0 spiro atoms. The van der Waals surface area contributed by atoms with Crippen molar-refractivity contribution in [2.75, 3.05) is 26.7 Å². The van der Waals surface area contributed by atoms with Crippen molar-refractivity contribution in [3.05, 3.63) is 45.4 Å². The fourth-order valence-corrected chi connectivity index (χ4v) is 3.59. The molecule has 0 fully saturated rings. The molecule has 1 aliphatic heterocycles. The van der Waals surface area contributed by atoms with E-state index in [-0.39, 0.29) is 0 Å². The number of hydrogen-bond acceptors (Lipinski definition) is 4. The molecule has 0 unspecified atom stereocenters. The standard InChI is InChI=1S/C18H21F3N4OS/c1-22-17(24-8-5-16-25-15(11-27-16)18(19,20)21)23-7-4-12-2-3-14-13(10-12)6-9-26-14/h2-3,10-11H,4-9H2,1H3,(H2,22,23,24). The highest BCUT2D eigenvalue weighted by molar-refractivity contribution is 7.09. The van der Waals surface area contributed by atoms with E-state index < -0.39 is 11.9 Å². The zero-order valence-corrected chi connectivity index (χ0v) is 15.7. The van der Waals surface area contributed by atoms with Gasteiger partial charge >= 0.3 is 6.18 Å². The molecule has 0 radical (unpaired) electrons. The van der Waals surface area contributed by atoms with Gasteiger partial charge in [-0.3, -0.25) is 4.99 Å². The number of ether oxygens (including phenoxy) is 1. The number of benzene rings is 1. The number of hydrogen-bond donors (Lipinski definition) is 2. The van der Waals surface area contributed by atoms with Crippen molar-refractivity contribution in [3.63, 3.8) is 0 Å². The Bertz CT molecular complexity index is 804. The fraction of sp³-hybridized carbons (Fsp3) is 0.444. The average Bonchev–Trinajstić information content (AvgIpc) is 3.28. The molecule has 1 aromatic carbocycles. The van der Waals surface area contributed by atoms with Crippen molar-refractivity contribution >= 4 is 17.3 Å². The zero-order valence-electron chi connectivity index (χ0n) is 14.9. The summed E-state index contributed by atoms with van der Waals surface area (Å²) in [6.45, 7) is 1.91. The number of aliphatic imine (C=N–C) groups is 1. The second kappa shape index (κ2) is 8.60. The van der Waals surface area contributed by atoms with Gasteiger partial charge < -0.3 is 15.4 Å². The monoisotopic (exact) mass is 398 g/mol. The molecule has 3 rings (SSSR count). The molecule has 146 valence electrons. The Morgan fingerprint density at radius 3 is 2.74 bits per heavy atom. The van der Waals surface area contributed by atoms with Crippen molar-refractivity contribution in [1.82, 2.24) is 15.6 Å². The van der Waals surface area contributed by atoms with Gasteiger partial charge in [0.05, 0.1) is 11.6 Å². The summed E-state index contributed by atoms with van der Waals surface area (Å²) in [6, 6.07) is 6.23. The summed E-state index contributed by atoms with van der Waals surface area (Å²) in [7, 11) is 1.66. The number of alkyl halides is 3. The van der Waals surface area contributed by atoms with Gasteiger partial charge in [-0.1, -0.05) is 12.1 Å². The van der Waals surface area contributed by atoms with Crippen molar-refractivity contribution in [2.45, 2.75) is 25.4 Å². The van der Waals surface area contributed by atoms with Gasteiger partial charge in [0, 0.05) is 38.4 Å². The van der Waals surface area contributed by atoms with Crippen LogP contribution in [0.15, 0.2) is 28.6 Å². The first kappa shape index (κ1) is 19.5. The fourth-order valence-electron chi connectivity index (χ4n) is 2.79. The minimum Gasteiger partial charge on any atom is -0.493 e. The molecular formula is C18H21F3N4OS. The van der Waals surface area contributed by atoms with E-state index in [1.807, 2.05) is 6.07 Å². The van der Waals surface area contributed by atoms with Crippen LogP contribution < -0.4 is 15.4 Å². The van der Waals surface area contributed by atoms with Crippen LogP contribution in [0.5, 0.6) is 5.75 Å². The lowest BCUT2D eigenvalue weighted by Gasteiger charge is -2.11. The first-order valence-electron chi connectivity index (χ1n) is 8.66. The number of guanidine groups is 1. The summed E-state index contributed by atoms with van der Waals surface area (Å²) < 4.78 is 43.2. The first-order chi connectivity index (χ1) is 13.0. The molecule has 2 aromatic rings. The van der Waals surface area contributed by atoms with E-state index in [2.05, 4.69) is 32.7 Å². The van der Waals surface area contributed by atoms with Gasteiger partial charge in [0.2, 0.25) is 0 Å². The van der Waals surface area contributed by atoms with Crippen LogP contribution in [0.3, 0.4) is 0 Å². The number of nitrogens with one attached hydrogen (secondary N) is 2. The summed E-state index contributed by atoms with van der Waals surface area (Å²) in [5.41, 5.74) is 1.64. The van der Waals surface area contributed by atoms with E-state index in [9.17, 15) is 13.2 Å². The maximum atomic E-state index is 12.6.